The van der Waals surface area contributed by atoms with Crippen molar-refractivity contribution < 1.29 is 9.84 Å². The van der Waals surface area contributed by atoms with Gasteiger partial charge in [0, 0.05) is 7.11 Å². The van der Waals surface area contributed by atoms with E-state index < -0.39 is 5.60 Å². The van der Waals surface area contributed by atoms with Crippen LogP contribution in [0.25, 0.3) is 0 Å². The van der Waals surface area contributed by atoms with Crippen LogP contribution in [0.5, 0.6) is 0 Å². The minimum atomic E-state index is -1.21. The fourth-order valence-corrected chi connectivity index (χ4v) is 2.91. The van der Waals surface area contributed by atoms with Gasteiger partial charge in [-0.2, -0.15) is 5.10 Å². The molecular weight excluding hydrogens is 288 g/mol. The van der Waals surface area contributed by atoms with Crippen LogP contribution in [-0.4, -0.2) is 28.6 Å². The summed E-state index contributed by atoms with van der Waals surface area (Å²) in [6.07, 6.45) is 1.56. The summed E-state index contributed by atoms with van der Waals surface area (Å²) in [6, 6.07) is 6.01. The molecule has 0 saturated heterocycles. The van der Waals surface area contributed by atoms with Crippen LogP contribution in [-0.2, 0) is 16.9 Å². The summed E-state index contributed by atoms with van der Waals surface area (Å²) >= 11 is 6.27. The third-order valence-electron chi connectivity index (χ3n) is 3.68. The zero-order valence-corrected chi connectivity index (χ0v) is 13.6. The average Bonchev–Trinajstić information content (AvgIpc) is 2.80. The molecule has 1 N–H and O–H groups in total. The van der Waals surface area contributed by atoms with Crippen LogP contribution in [0, 0.1) is 13.8 Å². The third kappa shape index (κ3) is 3.12. The molecule has 0 aliphatic carbocycles. The summed E-state index contributed by atoms with van der Waals surface area (Å²) in [4.78, 5) is 0. The van der Waals surface area contributed by atoms with Crippen molar-refractivity contribution in [1.82, 2.24) is 9.78 Å². The van der Waals surface area contributed by atoms with Crippen LogP contribution < -0.4 is 0 Å². The lowest BCUT2D eigenvalue weighted by Gasteiger charge is -2.27. The minimum Gasteiger partial charge on any atom is -0.383 e. The Morgan fingerprint density at radius 3 is 2.76 bits per heavy atom. The number of benzene rings is 1. The van der Waals surface area contributed by atoms with Crippen LogP contribution >= 0.6 is 11.6 Å². The Hall–Kier alpha value is -1.36. The number of hydrogen-bond donors (Lipinski definition) is 1. The molecule has 1 unspecified atom stereocenters. The van der Waals surface area contributed by atoms with Crippen molar-refractivity contribution in [3.05, 3.63) is 51.8 Å². The summed E-state index contributed by atoms with van der Waals surface area (Å²) in [5.74, 6) is 0. The molecule has 0 saturated carbocycles. The van der Waals surface area contributed by atoms with Crippen LogP contribution in [0.3, 0.4) is 0 Å². The van der Waals surface area contributed by atoms with Gasteiger partial charge in [-0.05, 0) is 31.9 Å². The van der Waals surface area contributed by atoms with Crippen molar-refractivity contribution in [2.24, 2.45) is 0 Å². The van der Waals surface area contributed by atoms with E-state index >= 15 is 0 Å². The van der Waals surface area contributed by atoms with E-state index in [1.807, 2.05) is 32.0 Å². The zero-order chi connectivity index (χ0) is 15.6. The smallest absolute Gasteiger partial charge is 0.130 e. The van der Waals surface area contributed by atoms with Gasteiger partial charge in [0.15, 0.2) is 0 Å². The molecule has 0 fully saturated rings. The van der Waals surface area contributed by atoms with E-state index in [1.165, 1.54) is 0 Å². The van der Waals surface area contributed by atoms with Crippen molar-refractivity contribution in [3.8, 4) is 0 Å². The summed E-state index contributed by atoms with van der Waals surface area (Å²) in [5, 5.41) is 15.8. The number of hydrogen-bond acceptors (Lipinski definition) is 3. The molecule has 1 heterocycles. The molecule has 2 aromatic rings. The van der Waals surface area contributed by atoms with Crippen LogP contribution in [0.4, 0.5) is 0 Å². The maximum Gasteiger partial charge on any atom is 0.130 e. The van der Waals surface area contributed by atoms with E-state index in [2.05, 4.69) is 5.10 Å². The highest BCUT2D eigenvalue weighted by Gasteiger charge is 2.33. The van der Waals surface area contributed by atoms with Gasteiger partial charge < -0.3 is 9.84 Å². The van der Waals surface area contributed by atoms with Crippen LogP contribution in [0.2, 0.25) is 5.02 Å². The average molecular weight is 309 g/mol. The lowest BCUT2D eigenvalue weighted by molar-refractivity contribution is 0.0877. The van der Waals surface area contributed by atoms with Gasteiger partial charge in [-0.25, -0.2) is 0 Å². The Kier molecular flexibility index (Phi) is 4.71. The molecule has 0 aliphatic rings. The summed E-state index contributed by atoms with van der Waals surface area (Å²) in [7, 11) is 1.63. The molecule has 0 spiro atoms. The molecule has 21 heavy (non-hydrogen) atoms. The number of aliphatic hydroxyl groups is 1. The number of halogens is 1. The van der Waals surface area contributed by atoms with Crippen molar-refractivity contribution in [1.29, 1.82) is 0 Å². The minimum absolute atomic E-state index is 0.456. The molecule has 1 aromatic carbocycles. The van der Waals surface area contributed by atoms with Gasteiger partial charge in [0.05, 0.1) is 30.1 Å². The standard InChI is InChI=1S/C16H21ClN2O2/c1-11-5-6-12(2)13(9-11)16(3,20)15-14(17)10-18-19(15)7-8-21-4/h5-6,9-10,20H,7-8H2,1-4H3. The number of rotatable bonds is 5. The van der Waals surface area contributed by atoms with E-state index in [0.717, 1.165) is 16.7 Å². The number of ether oxygens (including phenoxy) is 1. The Labute approximate surface area is 130 Å². The van der Waals surface area contributed by atoms with Crippen molar-refractivity contribution in [2.75, 3.05) is 13.7 Å². The normalized spacial score (nSPS) is 14.2. The Morgan fingerprint density at radius 2 is 2.10 bits per heavy atom. The lowest BCUT2D eigenvalue weighted by atomic mass is 9.88. The number of methoxy groups -OCH3 is 1. The highest BCUT2D eigenvalue weighted by molar-refractivity contribution is 6.31. The van der Waals surface area contributed by atoms with E-state index in [9.17, 15) is 5.11 Å². The maximum atomic E-state index is 11.1. The van der Waals surface area contributed by atoms with E-state index in [1.54, 1.807) is 24.9 Å². The van der Waals surface area contributed by atoms with E-state index in [0.29, 0.717) is 23.9 Å². The Bertz CT molecular complexity index is 635. The van der Waals surface area contributed by atoms with Crippen LogP contribution in [0.1, 0.15) is 29.3 Å². The fraction of sp³-hybridized carbons (Fsp3) is 0.438. The predicted octanol–water partition coefficient (Wildman–Crippen LogP) is 3.06. The number of nitrogens with zero attached hydrogens (tertiary/aromatic N) is 2. The van der Waals surface area contributed by atoms with Gasteiger partial charge in [-0.1, -0.05) is 35.4 Å². The van der Waals surface area contributed by atoms with Gasteiger partial charge in [0.25, 0.3) is 0 Å². The van der Waals surface area contributed by atoms with Gasteiger partial charge >= 0.3 is 0 Å². The molecule has 1 aromatic heterocycles. The van der Waals surface area contributed by atoms with E-state index in [4.69, 9.17) is 16.3 Å². The number of aryl methyl sites for hydroxylation is 2. The molecule has 1 atom stereocenters. The fourth-order valence-electron chi connectivity index (χ4n) is 2.58. The zero-order valence-electron chi connectivity index (χ0n) is 12.9. The summed E-state index contributed by atoms with van der Waals surface area (Å²) in [5.41, 5.74) is 2.33. The van der Waals surface area contributed by atoms with Gasteiger partial charge in [0.2, 0.25) is 0 Å². The molecule has 0 aliphatic heterocycles. The number of aromatic nitrogens is 2. The summed E-state index contributed by atoms with van der Waals surface area (Å²) in [6.45, 7) is 6.78. The van der Waals surface area contributed by atoms with E-state index in [-0.39, 0.29) is 0 Å². The van der Waals surface area contributed by atoms with Crippen molar-refractivity contribution in [3.63, 3.8) is 0 Å². The van der Waals surface area contributed by atoms with Crippen LogP contribution in [0.15, 0.2) is 24.4 Å². The molecule has 0 bridgehead atoms. The third-order valence-corrected chi connectivity index (χ3v) is 3.96. The quantitative estimate of drug-likeness (QED) is 0.923. The second kappa shape index (κ2) is 6.18. The van der Waals surface area contributed by atoms with Crippen molar-refractivity contribution in [2.45, 2.75) is 32.9 Å². The lowest BCUT2D eigenvalue weighted by Crippen LogP contribution is -2.29. The monoisotopic (exact) mass is 308 g/mol. The molecule has 5 heteroatoms. The maximum absolute atomic E-state index is 11.1. The largest absolute Gasteiger partial charge is 0.383 e. The predicted molar refractivity (Wildman–Crippen MR) is 83.7 cm³/mol. The molecule has 2 rings (SSSR count). The highest BCUT2D eigenvalue weighted by atomic mass is 35.5. The van der Waals surface area contributed by atoms with Gasteiger partial charge in [-0.3, -0.25) is 4.68 Å². The molecular formula is C16H21ClN2O2. The molecule has 0 amide bonds. The molecule has 114 valence electrons. The first kappa shape index (κ1) is 16.0. The first-order valence-electron chi connectivity index (χ1n) is 6.88. The topological polar surface area (TPSA) is 47.3 Å². The SMILES string of the molecule is COCCn1ncc(Cl)c1C(C)(O)c1cc(C)ccc1C. The molecule has 4 nitrogen and oxygen atoms in total. The van der Waals surface area contributed by atoms with Gasteiger partial charge in [-0.15, -0.1) is 0 Å². The second-order valence-corrected chi connectivity index (χ2v) is 5.85. The van der Waals surface area contributed by atoms with Crippen molar-refractivity contribution >= 4 is 11.6 Å². The highest BCUT2D eigenvalue weighted by Crippen LogP contribution is 2.35. The molecule has 0 radical (unpaired) electrons. The second-order valence-electron chi connectivity index (χ2n) is 5.45. The Morgan fingerprint density at radius 1 is 1.38 bits per heavy atom. The Balaban J connectivity index is 2.53. The first-order valence-corrected chi connectivity index (χ1v) is 7.26. The van der Waals surface area contributed by atoms with Gasteiger partial charge in [0.1, 0.15) is 5.60 Å². The first-order chi connectivity index (χ1) is 9.87. The summed E-state index contributed by atoms with van der Waals surface area (Å²) < 4.78 is 6.79.